The maximum Gasteiger partial charge on any atom is 0.335 e. The van der Waals surface area contributed by atoms with Crippen LogP contribution in [0, 0.1) is 0 Å². The minimum atomic E-state index is -0.983. The number of anilines is 1. The minimum absolute atomic E-state index is 0.207. The van der Waals surface area contributed by atoms with Crippen LogP contribution in [-0.4, -0.2) is 21.8 Å². The molecule has 0 radical (unpaired) electrons. The zero-order valence-corrected chi connectivity index (χ0v) is 18.5. The summed E-state index contributed by atoms with van der Waals surface area (Å²) in [5.74, 6) is -0.344. The maximum atomic E-state index is 11.6. The number of carboxylic acids is 1. The van der Waals surface area contributed by atoms with Gasteiger partial charge in [-0.05, 0) is 23.3 Å². The van der Waals surface area contributed by atoms with Crippen LogP contribution in [-0.2, 0) is 0 Å². The fraction of sp³-hybridized carbons (Fsp3) is 0. The Hall–Kier alpha value is -4.97. The number of oxazole rings is 1. The van der Waals surface area contributed by atoms with Gasteiger partial charge in [-0.1, -0.05) is 91.0 Å². The molecule has 5 aromatic rings. The third-order valence-corrected chi connectivity index (χ3v) is 5.97. The van der Waals surface area contributed by atoms with E-state index in [0.29, 0.717) is 17.2 Å². The molecule has 0 saturated carbocycles. The summed E-state index contributed by atoms with van der Waals surface area (Å²) in [4.78, 5) is 16.3. The lowest BCUT2D eigenvalue weighted by Gasteiger charge is -2.03. The predicted molar refractivity (Wildman–Crippen MR) is 135 cm³/mol. The highest BCUT2D eigenvalue weighted by atomic mass is 16.4. The Labute approximate surface area is 201 Å². The molecule has 6 heteroatoms. The third kappa shape index (κ3) is 3.67. The molecule has 1 aliphatic carbocycles. The van der Waals surface area contributed by atoms with Crippen molar-refractivity contribution in [1.82, 2.24) is 4.98 Å². The van der Waals surface area contributed by atoms with Crippen molar-refractivity contribution in [2.24, 2.45) is 5.10 Å². The normalized spacial score (nSPS) is 12.9. The second kappa shape index (κ2) is 8.43. The fourth-order valence-corrected chi connectivity index (χ4v) is 4.35. The van der Waals surface area contributed by atoms with Gasteiger partial charge in [0.2, 0.25) is 0 Å². The number of aromatic nitrogens is 1. The van der Waals surface area contributed by atoms with Gasteiger partial charge < -0.3 is 9.52 Å². The summed E-state index contributed by atoms with van der Waals surface area (Å²) >= 11 is 0. The smallest absolute Gasteiger partial charge is 0.335 e. The molecule has 2 N–H and O–H groups in total. The minimum Gasteiger partial charge on any atom is -0.478 e. The molecule has 0 unspecified atom stereocenters. The predicted octanol–water partition coefficient (Wildman–Crippen LogP) is 6.55. The molecule has 6 rings (SSSR count). The zero-order chi connectivity index (χ0) is 23.8. The van der Waals surface area contributed by atoms with Crippen molar-refractivity contribution in [3.8, 4) is 33.7 Å². The van der Waals surface area contributed by atoms with Crippen LogP contribution in [0.3, 0.4) is 0 Å². The Balaban J connectivity index is 1.44. The largest absolute Gasteiger partial charge is 0.478 e. The summed E-state index contributed by atoms with van der Waals surface area (Å²) in [5.41, 5.74) is 9.97. The maximum absolute atomic E-state index is 11.6. The second-order valence-corrected chi connectivity index (χ2v) is 8.11. The van der Waals surface area contributed by atoms with E-state index in [1.54, 1.807) is 12.1 Å². The summed E-state index contributed by atoms with van der Waals surface area (Å²) in [6.07, 6.45) is 0. The van der Waals surface area contributed by atoms with Gasteiger partial charge in [0, 0.05) is 22.3 Å². The number of fused-ring (bicyclic) bond motifs is 3. The van der Waals surface area contributed by atoms with E-state index in [4.69, 9.17) is 9.40 Å². The molecule has 168 valence electrons. The number of aromatic carboxylic acids is 1. The molecule has 1 aromatic heterocycles. The molecular formula is C29H19N3O3. The number of nitrogens with one attached hydrogen (secondary N) is 1. The Kier molecular flexibility index (Phi) is 4.96. The molecule has 0 saturated heterocycles. The Morgan fingerprint density at radius 1 is 0.743 bits per heavy atom. The van der Waals surface area contributed by atoms with E-state index in [-0.39, 0.29) is 11.6 Å². The molecule has 4 aromatic carbocycles. The van der Waals surface area contributed by atoms with Crippen molar-refractivity contribution in [1.29, 1.82) is 0 Å². The van der Waals surface area contributed by atoms with Crippen LogP contribution in [0.2, 0.25) is 0 Å². The van der Waals surface area contributed by atoms with Crippen LogP contribution in [0.15, 0.2) is 113 Å². The van der Waals surface area contributed by atoms with E-state index in [1.807, 2.05) is 91.0 Å². The lowest BCUT2D eigenvalue weighted by Crippen LogP contribution is -2.05. The summed E-state index contributed by atoms with van der Waals surface area (Å²) in [7, 11) is 0. The van der Waals surface area contributed by atoms with Crippen LogP contribution in [0.1, 0.15) is 21.5 Å². The fourth-order valence-electron chi connectivity index (χ4n) is 4.35. The highest BCUT2D eigenvalue weighted by Gasteiger charge is 2.26. The highest BCUT2D eigenvalue weighted by molar-refractivity contribution is 6.25. The lowest BCUT2D eigenvalue weighted by molar-refractivity contribution is 0.0697. The highest BCUT2D eigenvalue weighted by Crippen LogP contribution is 2.38. The second-order valence-electron chi connectivity index (χ2n) is 8.11. The first-order valence-electron chi connectivity index (χ1n) is 11.1. The number of hydrogen-bond donors (Lipinski definition) is 2. The van der Waals surface area contributed by atoms with Crippen LogP contribution in [0.4, 0.5) is 6.01 Å². The van der Waals surface area contributed by atoms with E-state index >= 15 is 0 Å². The third-order valence-electron chi connectivity index (χ3n) is 5.97. The summed E-state index contributed by atoms with van der Waals surface area (Å²) in [6, 6.07) is 32.8. The molecule has 0 aliphatic heterocycles. The molecule has 1 heterocycles. The molecule has 0 atom stereocenters. The van der Waals surface area contributed by atoms with Crippen LogP contribution in [0.25, 0.3) is 33.7 Å². The van der Waals surface area contributed by atoms with E-state index in [1.165, 1.54) is 0 Å². The molecule has 0 amide bonds. The van der Waals surface area contributed by atoms with Gasteiger partial charge in [0.15, 0.2) is 5.76 Å². The molecule has 6 nitrogen and oxygen atoms in total. The number of hydrogen-bond acceptors (Lipinski definition) is 5. The number of hydrazone groups is 1. The van der Waals surface area contributed by atoms with Crippen LogP contribution >= 0.6 is 0 Å². The molecule has 1 aliphatic rings. The van der Waals surface area contributed by atoms with Crippen molar-refractivity contribution in [2.75, 3.05) is 5.43 Å². The Bertz CT molecular complexity index is 1530. The first-order valence-corrected chi connectivity index (χ1v) is 11.1. The van der Waals surface area contributed by atoms with E-state index < -0.39 is 5.97 Å². The summed E-state index contributed by atoms with van der Waals surface area (Å²) in [5, 5.41) is 14.1. The van der Waals surface area contributed by atoms with Crippen LogP contribution in [0.5, 0.6) is 0 Å². The standard InChI is InChI=1S/C29H19N3O3/c33-28(34)20-15-16-22-21-13-7-8-14-23(21)26(24(22)17-20)31-32-29-30-25(18-9-3-1-4-10-18)27(35-29)19-11-5-2-6-12-19/h1-17H,(H,30,32)(H,33,34)/b31-26+. The zero-order valence-electron chi connectivity index (χ0n) is 18.5. The molecule has 0 spiro atoms. The van der Waals surface area contributed by atoms with Gasteiger partial charge in [-0.3, -0.25) is 0 Å². The van der Waals surface area contributed by atoms with Gasteiger partial charge in [0.05, 0.1) is 11.3 Å². The first-order chi connectivity index (χ1) is 17.2. The Morgan fingerprint density at radius 3 is 2.09 bits per heavy atom. The van der Waals surface area contributed by atoms with Crippen LogP contribution < -0.4 is 5.43 Å². The number of carbonyl (C=O) groups is 1. The van der Waals surface area contributed by atoms with Crippen molar-refractivity contribution < 1.29 is 14.3 Å². The number of benzene rings is 4. The van der Waals surface area contributed by atoms with E-state index in [9.17, 15) is 9.90 Å². The first kappa shape index (κ1) is 20.6. The topological polar surface area (TPSA) is 87.7 Å². The molecule has 0 fully saturated rings. The van der Waals surface area contributed by atoms with Gasteiger partial charge in [-0.2, -0.15) is 10.1 Å². The van der Waals surface area contributed by atoms with Gasteiger partial charge in [0.25, 0.3) is 0 Å². The number of carboxylic acid groups (broad SMARTS) is 1. The SMILES string of the molecule is O=C(O)c1ccc2c(c1)/C(=N/Nc1nc(-c3ccccc3)c(-c3ccccc3)o1)c1ccccc1-2. The molecule has 35 heavy (non-hydrogen) atoms. The summed E-state index contributed by atoms with van der Waals surface area (Å²) < 4.78 is 6.13. The molecular weight excluding hydrogens is 438 g/mol. The van der Waals surface area contributed by atoms with Crippen molar-refractivity contribution in [3.05, 3.63) is 120 Å². The van der Waals surface area contributed by atoms with E-state index in [0.717, 1.165) is 33.4 Å². The number of nitrogens with zero attached hydrogens (tertiary/aromatic N) is 2. The van der Waals surface area contributed by atoms with Gasteiger partial charge in [-0.15, -0.1) is 0 Å². The average Bonchev–Trinajstić information content (AvgIpc) is 3.47. The van der Waals surface area contributed by atoms with Gasteiger partial charge in [0.1, 0.15) is 5.69 Å². The van der Waals surface area contributed by atoms with Crippen molar-refractivity contribution in [3.63, 3.8) is 0 Å². The van der Waals surface area contributed by atoms with Crippen molar-refractivity contribution >= 4 is 17.7 Å². The van der Waals surface area contributed by atoms with Gasteiger partial charge >= 0.3 is 12.0 Å². The van der Waals surface area contributed by atoms with Gasteiger partial charge in [-0.25, -0.2) is 10.2 Å². The summed E-state index contributed by atoms with van der Waals surface area (Å²) in [6.45, 7) is 0. The Morgan fingerprint density at radius 2 is 1.37 bits per heavy atom. The quantitative estimate of drug-likeness (QED) is 0.287. The average molecular weight is 457 g/mol. The van der Waals surface area contributed by atoms with E-state index in [2.05, 4.69) is 10.5 Å². The molecule has 0 bridgehead atoms. The number of rotatable bonds is 5. The van der Waals surface area contributed by atoms with Crippen molar-refractivity contribution in [2.45, 2.75) is 0 Å². The monoisotopic (exact) mass is 457 g/mol. The lowest BCUT2D eigenvalue weighted by atomic mass is 10.0.